The van der Waals surface area contributed by atoms with Crippen LogP contribution in [0.15, 0.2) is 16.5 Å². The maximum absolute atomic E-state index is 10.6. The van der Waals surface area contributed by atoms with Crippen LogP contribution in [0.3, 0.4) is 0 Å². The molecule has 0 bridgehead atoms. The molecule has 0 fully saturated rings. The number of rotatable bonds is 9. The average Bonchev–Trinajstić information content (AvgIpc) is 2.76. The van der Waals surface area contributed by atoms with Gasteiger partial charge in [-0.05, 0) is 31.0 Å². The molecule has 0 aliphatic heterocycles. The van der Waals surface area contributed by atoms with Gasteiger partial charge in [0, 0.05) is 13.2 Å². The summed E-state index contributed by atoms with van der Waals surface area (Å²) in [6.45, 7) is 7.13. The zero-order valence-electron chi connectivity index (χ0n) is 10.9. The van der Waals surface area contributed by atoms with Gasteiger partial charge < -0.3 is 19.6 Å². The Bertz CT molecular complexity index is 360. The van der Waals surface area contributed by atoms with Gasteiger partial charge in [-0.25, -0.2) is 4.79 Å². The molecule has 0 aliphatic rings. The van der Waals surface area contributed by atoms with Gasteiger partial charge in [-0.15, -0.1) is 0 Å². The van der Waals surface area contributed by atoms with Crippen LogP contribution in [0.25, 0.3) is 0 Å². The SMILES string of the molecule is CC(C)COCCCNCc1ccc(C(=O)O)o1. The van der Waals surface area contributed by atoms with Crippen LogP contribution in [-0.4, -0.2) is 30.8 Å². The number of aromatic carboxylic acids is 1. The van der Waals surface area contributed by atoms with Gasteiger partial charge in [-0.1, -0.05) is 13.8 Å². The summed E-state index contributed by atoms with van der Waals surface area (Å²) in [5, 5.41) is 11.9. The minimum absolute atomic E-state index is 0.0212. The van der Waals surface area contributed by atoms with Crippen molar-refractivity contribution in [2.75, 3.05) is 19.8 Å². The van der Waals surface area contributed by atoms with Crippen molar-refractivity contribution < 1.29 is 19.1 Å². The predicted molar refractivity (Wildman–Crippen MR) is 67.6 cm³/mol. The second kappa shape index (κ2) is 7.89. The van der Waals surface area contributed by atoms with E-state index in [9.17, 15) is 4.79 Å². The van der Waals surface area contributed by atoms with E-state index in [0.29, 0.717) is 18.2 Å². The molecule has 2 N–H and O–H groups in total. The number of hydrogen-bond acceptors (Lipinski definition) is 4. The molecular formula is C13H21NO4. The van der Waals surface area contributed by atoms with Crippen molar-refractivity contribution in [1.82, 2.24) is 5.32 Å². The second-order valence-electron chi connectivity index (χ2n) is 4.57. The molecule has 0 atom stereocenters. The molecule has 0 spiro atoms. The van der Waals surface area contributed by atoms with E-state index >= 15 is 0 Å². The number of ether oxygens (including phenoxy) is 1. The minimum Gasteiger partial charge on any atom is -0.475 e. The maximum atomic E-state index is 10.6. The molecular weight excluding hydrogens is 234 g/mol. The van der Waals surface area contributed by atoms with Crippen molar-refractivity contribution >= 4 is 5.97 Å². The van der Waals surface area contributed by atoms with Crippen molar-refractivity contribution in [3.05, 3.63) is 23.7 Å². The predicted octanol–water partition coefficient (Wildman–Crippen LogP) is 2.13. The molecule has 0 unspecified atom stereocenters. The summed E-state index contributed by atoms with van der Waals surface area (Å²) in [5.41, 5.74) is 0. The van der Waals surface area contributed by atoms with E-state index in [0.717, 1.165) is 26.2 Å². The zero-order valence-corrected chi connectivity index (χ0v) is 10.9. The van der Waals surface area contributed by atoms with E-state index in [1.807, 2.05) is 0 Å². The second-order valence-corrected chi connectivity index (χ2v) is 4.57. The lowest BCUT2D eigenvalue weighted by molar-refractivity contribution is 0.0660. The summed E-state index contributed by atoms with van der Waals surface area (Å²) < 4.78 is 10.6. The molecule has 0 saturated heterocycles. The lowest BCUT2D eigenvalue weighted by atomic mass is 10.2. The Morgan fingerprint density at radius 1 is 1.50 bits per heavy atom. The molecule has 1 aromatic heterocycles. The Labute approximate surface area is 107 Å². The van der Waals surface area contributed by atoms with Gasteiger partial charge in [0.2, 0.25) is 5.76 Å². The van der Waals surface area contributed by atoms with E-state index in [1.165, 1.54) is 6.07 Å². The zero-order chi connectivity index (χ0) is 13.4. The number of nitrogens with one attached hydrogen (secondary N) is 1. The van der Waals surface area contributed by atoms with Gasteiger partial charge in [-0.2, -0.15) is 0 Å². The summed E-state index contributed by atoms with van der Waals surface area (Å²) in [6, 6.07) is 3.14. The van der Waals surface area contributed by atoms with Crippen LogP contribution in [0.5, 0.6) is 0 Å². The van der Waals surface area contributed by atoms with Crippen LogP contribution in [0.1, 0.15) is 36.6 Å². The summed E-state index contributed by atoms with van der Waals surface area (Å²) >= 11 is 0. The quantitative estimate of drug-likeness (QED) is 0.661. The van der Waals surface area contributed by atoms with Crippen molar-refractivity contribution in [2.45, 2.75) is 26.8 Å². The first kappa shape index (κ1) is 14.7. The standard InChI is InChI=1S/C13H21NO4/c1-10(2)9-17-7-3-6-14-8-11-4-5-12(18-11)13(15)16/h4-5,10,14H,3,6-9H2,1-2H3,(H,15,16). The van der Waals surface area contributed by atoms with E-state index < -0.39 is 5.97 Å². The van der Waals surface area contributed by atoms with Crippen LogP contribution >= 0.6 is 0 Å². The fraction of sp³-hybridized carbons (Fsp3) is 0.615. The molecule has 1 rings (SSSR count). The van der Waals surface area contributed by atoms with Crippen LogP contribution in [0.4, 0.5) is 0 Å². The lowest BCUT2D eigenvalue weighted by Crippen LogP contribution is -2.16. The lowest BCUT2D eigenvalue weighted by Gasteiger charge is -2.06. The molecule has 18 heavy (non-hydrogen) atoms. The molecule has 0 amide bonds. The van der Waals surface area contributed by atoms with E-state index in [1.54, 1.807) is 6.07 Å². The summed E-state index contributed by atoms with van der Waals surface area (Å²) in [5.74, 6) is 0.140. The molecule has 5 nitrogen and oxygen atoms in total. The van der Waals surface area contributed by atoms with Gasteiger partial charge in [-0.3, -0.25) is 0 Å². The number of carbonyl (C=O) groups is 1. The van der Waals surface area contributed by atoms with Gasteiger partial charge in [0.05, 0.1) is 6.54 Å². The smallest absolute Gasteiger partial charge is 0.371 e. The van der Waals surface area contributed by atoms with E-state index in [4.69, 9.17) is 14.3 Å². The van der Waals surface area contributed by atoms with Crippen LogP contribution < -0.4 is 5.32 Å². The van der Waals surface area contributed by atoms with Gasteiger partial charge in [0.1, 0.15) is 5.76 Å². The van der Waals surface area contributed by atoms with Crippen molar-refractivity contribution in [3.8, 4) is 0 Å². The van der Waals surface area contributed by atoms with Crippen molar-refractivity contribution in [2.24, 2.45) is 5.92 Å². The summed E-state index contributed by atoms with van der Waals surface area (Å²) in [7, 11) is 0. The Hall–Kier alpha value is -1.33. The molecule has 102 valence electrons. The molecule has 0 aromatic carbocycles. The molecule has 1 aromatic rings. The third-order valence-corrected chi connectivity index (χ3v) is 2.27. The highest BCUT2D eigenvalue weighted by Gasteiger charge is 2.07. The highest BCUT2D eigenvalue weighted by Crippen LogP contribution is 2.07. The van der Waals surface area contributed by atoms with Crippen molar-refractivity contribution in [3.63, 3.8) is 0 Å². The Kier molecular flexibility index (Phi) is 6.46. The molecule has 1 heterocycles. The highest BCUT2D eigenvalue weighted by molar-refractivity contribution is 5.84. The monoisotopic (exact) mass is 255 g/mol. The van der Waals surface area contributed by atoms with E-state index in [-0.39, 0.29) is 5.76 Å². The maximum Gasteiger partial charge on any atom is 0.371 e. The molecule has 0 radical (unpaired) electrons. The first-order valence-electron chi connectivity index (χ1n) is 6.20. The first-order valence-corrected chi connectivity index (χ1v) is 6.20. The van der Waals surface area contributed by atoms with E-state index in [2.05, 4.69) is 19.2 Å². The van der Waals surface area contributed by atoms with Gasteiger partial charge >= 0.3 is 5.97 Å². The highest BCUT2D eigenvalue weighted by atomic mass is 16.5. The number of carboxylic acids is 1. The normalized spacial score (nSPS) is 11.1. The third-order valence-electron chi connectivity index (χ3n) is 2.27. The van der Waals surface area contributed by atoms with Crippen LogP contribution in [-0.2, 0) is 11.3 Å². The largest absolute Gasteiger partial charge is 0.475 e. The fourth-order valence-corrected chi connectivity index (χ4v) is 1.42. The van der Waals surface area contributed by atoms with Crippen LogP contribution in [0.2, 0.25) is 0 Å². The van der Waals surface area contributed by atoms with Crippen molar-refractivity contribution in [1.29, 1.82) is 0 Å². The van der Waals surface area contributed by atoms with Gasteiger partial charge in [0.25, 0.3) is 0 Å². The third kappa shape index (κ3) is 5.84. The van der Waals surface area contributed by atoms with Crippen LogP contribution in [0, 0.1) is 5.92 Å². The first-order chi connectivity index (χ1) is 8.59. The minimum atomic E-state index is -1.04. The molecule has 0 aliphatic carbocycles. The Morgan fingerprint density at radius 2 is 2.28 bits per heavy atom. The number of hydrogen-bond donors (Lipinski definition) is 2. The topological polar surface area (TPSA) is 71.7 Å². The Morgan fingerprint density at radius 3 is 2.89 bits per heavy atom. The van der Waals surface area contributed by atoms with Gasteiger partial charge in [0.15, 0.2) is 0 Å². The Balaban J connectivity index is 2.05. The summed E-state index contributed by atoms with van der Waals surface area (Å²) in [6.07, 6.45) is 0.930. The number of furan rings is 1. The summed E-state index contributed by atoms with van der Waals surface area (Å²) in [4.78, 5) is 10.6. The fourth-order valence-electron chi connectivity index (χ4n) is 1.42. The number of carboxylic acid groups (broad SMARTS) is 1. The molecule has 5 heteroatoms. The molecule has 0 saturated carbocycles. The average molecular weight is 255 g/mol.